The van der Waals surface area contributed by atoms with Crippen LogP contribution in [0.25, 0.3) is 11.1 Å². The molecule has 0 bridgehead atoms. The summed E-state index contributed by atoms with van der Waals surface area (Å²) in [5, 5.41) is 7.16. The molecular weight excluding hydrogens is 418 g/mol. The summed E-state index contributed by atoms with van der Waals surface area (Å²) in [5.74, 6) is -2.44. The first-order valence-electron chi connectivity index (χ1n) is 9.33. The van der Waals surface area contributed by atoms with Gasteiger partial charge < -0.3 is 10.6 Å². The molecule has 4 amide bonds. The first-order valence-corrected chi connectivity index (χ1v) is 9.33. The second kappa shape index (κ2) is 8.01. The van der Waals surface area contributed by atoms with Crippen LogP contribution in [0.4, 0.5) is 22.4 Å². The first kappa shape index (κ1) is 22.3. The molecule has 1 aliphatic heterocycles. The summed E-state index contributed by atoms with van der Waals surface area (Å²) >= 11 is 0. The van der Waals surface area contributed by atoms with E-state index in [9.17, 15) is 31.9 Å². The maximum Gasteiger partial charge on any atom is 0.416 e. The molecule has 2 aromatic rings. The molecule has 31 heavy (non-hydrogen) atoms. The number of alkyl halides is 3. The van der Waals surface area contributed by atoms with Gasteiger partial charge in [-0.1, -0.05) is 32.0 Å². The molecule has 3 N–H and O–H groups in total. The fourth-order valence-corrected chi connectivity index (χ4v) is 3.35. The van der Waals surface area contributed by atoms with E-state index in [4.69, 9.17) is 0 Å². The fraction of sp³-hybridized carbons (Fsp3) is 0.286. The lowest BCUT2D eigenvalue weighted by Crippen LogP contribution is -2.58. The zero-order valence-electron chi connectivity index (χ0n) is 16.6. The van der Waals surface area contributed by atoms with Crippen LogP contribution in [-0.4, -0.2) is 29.9 Å². The molecule has 0 saturated carbocycles. The van der Waals surface area contributed by atoms with Gasteiger partial charge >= 0.3 is 12.2 Å². The van der Waals surface area contributed by atoms with Gasteiger partial charge in [-0.25, -0.2) is 9.18 Å². The van der Waals surface area contributed by atoms with Crippen molar-refractivity contribution in [1.82, 2.24) is 16.0 Å². The average Bonchev–Trinajstić information content (AvgIpc) is 3.00. The first-order chi connectivity index (χ1) is 14.4. The number of nitrogens with one attached hydrogen (secondary N) is 3. The number of imide groups is 1. The lowest BCUT2D eigenvalue weighted by molar-refractivity contribution is -0.137. The Bertz CT molecular complexity index is 1040. The molecule has 1 aliphatic rings. The summed E-state index contributed by atoms with van der Waals surface area (Å²) in [4.78, 5) is 36.7. The molecular formula is C21H19F4N3O3. The van der Waals surface area contributed by atoms with E-state index in [1.807, 2.05) is 0 Å². The zero-order chi connectivity index (χ0) is 23.0. The van der Waals surface area contributed by atoms with Crippen LogP contribution in [0.3, 0.4) is 0 Å². The topological polar surface area (TPSA) is 87.3 Å². The molecule has 0 radical (unpaired) electrons. The molecule has 1 fully saturated rings. The molecule has 6 nitrogen and oxygen atoms in total. The van der Waals surface area contributed by atoms with Crippen LogP contribution in [-0.2, 0) is 11.0 Å². The van der Waals surface area contributed by atoms with Crippen molar-refractivity contribution in [3.05, 3.63) is 59.4 Å². The van der Waals surface area contributed by atoms with E-state index in [2.05, 4.69) is 16.0 Å². The number of benzene rings is 2. The van der Waals surface area contributed by atoms with Gasteiger partial charge in [0.05, 0.1) is 17.7 Å². The Morgan fingerprint density at radius 2 is 1.74 bits per heavy atom. The summed E-state index contributed by atoms with van der Waals surface area (Å²) in [7, 11) is 0. The van der Waals surface area contributed by atoms with Crippen molar-refractivity contribution in [1.29, 1.82) is 0 Å². The van der Waals surface area contributed by atoms with E-state index in [-0.39, 0.29) is 29.2 Å². The number of carbonyl (C=O) groups excluding carboxylic acids is 3. The van der Waals surface area contributed by atoms with Crippen molar-refractivity contribution < 1.29 is 31.9 Å². The molecule has 0 aromatic heterocycles. The predicted molar refractivity (Wildman–Crippen MR) is 103 cm³/mol. The van der Waals surface area contributed by atoms with Gasteiger partial charge in [0, 0.05) is 0 Å². The monoisotopic (exact) mass is 437 g/mol. The van der Waals surface area contributed by atoms with Gasteiger partial charge in [0.25, 0.3) is 11.8 Å². The van der Waals surface area contributed by atoms with Gasteiger partial charge in [-0.3, -0.25) is 14.9 Å². The van der Waals surface area contributed by atoms with Crippen molar-refractivity contribution in [3.8, 4) is 11.1 Å². The number of urea groups is 1. The van der Waals surface area contributed by atoms with Gasteiger partial charge in [-0.15, -0.1) is 0 Å². The molecule has 0 aliphatic carbocycles. The number of hydrogen-bond acceptors (Lipinski definition) is 3. The molecule has 1 unspecified atom stereocenters. The number of hydrogen-bond donors (Lipinski definition) is 3. The second-order valence-corrected chi connectivity index (χ2v) is 7.48. The summed E-state index contributed by atoms with van der Waals surface area (Å²) in [6, 6.07) is 6.75. The summed E-state index contributed by atoms with van der Waals surface area (Å²) in [5.41, 5.74) is -1.86. The van der Waals surface area contributed by atoms with Crippen molar-refractivity contribution in [2.75, 3.05) is 6.54 Å². The van der Waals surface area contributed by atoms with Gasteiger partial charge in [0.1, 0.15) is 11.4 Å². The predicted octanol–water partition coefficient (Wildman–Crippen LogP) is 3.48. The highest BCUT2D eigenvalue weighted by atomic mass is 19.4. The molecule has 164 valence electrons. The highest BCUT2D eigenvalue weighted by Gasteiger charge is 2.48. The largest absolute Gasteiger partial charge is 0.416 e. The Morgan fingerprint density at radius 1 is 1.10 bits per heavy atom. The van der Waals surface area contributed by atoms with Crippen LogP contribution in [0.2, 0.25) is 0 Å². The second-order valence-electron chi connectivity index (χ2n) is 7.48. The Hall–Kier alpha value is -3.43. The van der Waals surface area contributed by atoms with Crippen LogP contribution < -0.4 is 16.0 Å². The van der Waals surface area contributed by atoms with Crippen molar-refractivity contribution in [2.45, 2.75) is 25.6 Å². The Morgan fingerprint density at radius 3 is 2.26 bits per heavy atom. The summed E-state index contributed by atoms with van der Waals surface area (Å²) in [6.07, 6.45) is -4.51. The molecule has 1 atom stereocenters. The highest BCUT2D eigenvalue weighted by molar-refractivity contribution is 6.08. The van der Waals surface area contributed by atoms with Crippen molar-refractivity contribution >= 4 is 17.8 Å². The highest BCUT2D eigenvalue weighted by Crippen LogP contribution is 2.32. The maximum absolute atomic E-state index is 13.9. The van der Waals surface area contributed by atoms with E-state index in [0.29, 0.717) is 0 Å². The lowest BCUT2D eigenvalue weighted by Gasteiger charge is -2.30. The maximum atomic E-state index is 13.9. The number of amides is 4. The average molecular weight is 437 g/mol. The minimum Gasteiger partial charge on any atom is -0.349 e. The lowest BCUT2D eigenvalue weighted by atomic mass is 9.86. The van der Waals surface area contributed by atoms with Crippen LogP contribution >= 0.6 is 0 Å². The minimum absolute atomic E-state index is 0.122. The van der Waals surface area contributed by atoms with Gasteiger partial charge in [-0.05, 0) is 41.3 Å². The SMILES string of the molecule is CC(C)C1(CNC(=O)c2cc(F)ccc2-c2ccc(C(F)(F)F)cc2)NC(=O)NC1=O. The molecule has 10 heteroatoms. The Labute approximate surface area is 175 Å². The Balaban J connectivity index is 1.89. The molecule has 3 rings (SSSR count). The summed E-state index contributed by atoms with van der Waals surface area (Å²) in [6.45, 7) is 3.12. The summed E-state index contributed by atoms with van der Waals surface area (Å²) < 4.78 is 52.3. The van der Waals surface area contributed by atoms with Crippen molar-refractivity contribution in [2.24, 2.45) is 5.92 Å². The van der Waals surface area contributed by atoms with E-state index in [1.54, 1.807) is 13.8 Å². The molecule has 2 aromatic carbocycles. The van der Waals surface area contributed by atoms with Crippen LogP contribution in [0.5, 0.6) is 0 Å². The number of rotatable bonds is 5. The normalized spacial score (nSPS) is 18.7. The van der Waals surface area contributed by atoms with E-state index < -0.39 is 40.9 Å². The van der Waals surface area contributed by atoms with Crippen LogP contribution in [0.1, 0.15) is 29.8 Å². The number of halogens is 4. The van der Waals surface area contributed by atoms with Crippen molar-refractivity contribution in [3.63, 3.8) is 0 Å². The third kappa shape index (κ3) is 4.37. The minimum atomic E-state index is -4.51. The van der Waals surface area contributed by atoms with Gasteiger partial charge in [-0.2, -0.15) is 13.2 Å². The van der Waals surface area contributed by atoms with E-state index >= 15 is 0 Å². The fourth-order valence-electron chi connectivity index (χ4n) is 3.35. The van der Waals surface area contributed by atoms with E-state index in [1.165, 1.54) is 18.2 Å². The van der Waals surface area contributed by atoms with E-state index in [0.717, 1.165) is 24.3 Å². The van der Waals surface area contributed by atoms with Gasteiger partial charge in [0.2, 0.25) is 0 Å². The quantitative estimate of drug-likeness (QED) is 0.495. The standard InChI is InChI=1S/C21H19F4N3O3/c1-11(2)20(18(30)27-19(31)28-20)10-26-17(29)16-9-14(22)7-8-15(16)12-3-5-13(6-4-12)21(23,24)25/h3-9,11H,10H2,1-2H3,(H,26,29)(H2,27,28,30,31). The van der Waals surface area contributed by atoms with Gasteiger partial charge in [0.15, 0.2) is 0 Å². The van der Waals surface area contributed by atoms with Crippen LogP contribution in [0.15, 0.2) is 42.5 Å². The smallest absolute Gasteiger partial charge is 0.349 e. The number of carbonyl (C=O) groups is 3. The third-order valence-corrected chi connectivity index (χ3v) is 5.23. The molecule has 0 spiro atoms. The molecule has 1 heterocycles. The molecule has 1 saturated heterocycles. The van der Waals surface area contributed by atoms with Crippen LogP contribution in [0, 0.1) is 11.7 Å². The Kier molecular flexibility index (Phi) is 5.75. The third-order valence-electron chi connectivity index (χ3n) is 5.23. The zero-order valence-corrected chi connectivity index (χ0v) is 16.6.